The number of aromatic nitrogens is 5. The number of anilines is 2. The van der Waals surface area contributed by atoms with Gasteiger partial charge in [0.1, 0.15) is 5.75 Å². The molecule has 7 heteroatoms. The highest BCUT2D eigenvalue weighted by Gasteiger charge is 2.13. The monoisotopic (exact) mass is 332 g/mol. The number of benzene rings is 1. The number of hydrogen-bond donors (Lipinski definition) is 1. The molecule has 124 valence electrons. The van der Waals surface area contributed by atoms with E-state index in [9.17, 15) is 0 Å². The van der Waals surface area contributed by atoms with Crippen molar-refractivity contribution >= 4 is 17.4 Å². The summed E-state index contributed by atoms with van der Waals surface area (Å²) in [5.41, 5.74) is 3.44. The second kappa shape index (κ2) is 6.20. The molecular formula is C18H16N6O. The fourth-order valence-electron chi connectivity index (χ4n) is 2.66. The molecule has 4 rings (SSSR count). The van der Waals surface area contributed by atoms with Crippen LogP contribution in [0.2, 0.25) is 0 Å². The summed E-state index contributed by atoms with van der Waals surface area (Å²) in [6.45, 7) is 1.95. The van der Waals surface area contributed by atoms with Crippen LogP contribution in [0.4, 0.5) is 11.6 Å². The lowest BCUT2D eigenvalue weighted by molar-refractivity contribution is 0.415. The number of rotatable bonds is 4. The number of nitrogens with zero attached hydrogens (tertiary/aromatic N) is 5. The molecule has 7 nitrogen and oxygen atoms in total. The maximum atomic E-state index is 5.17. The van der Waals surface area contributed by atoms with Gasteiger partial charge in [-0.1, -0.05) is 0 Å². The van der Waals surface area contributed by atoms with E-state index >= 15 is 0 Å². The van der Waals surface area contributed by atoms with E-state index in [1.54, 1.807) is 19.5 Å². The van der Waals surface area contributed by atoms with E-state index in [0.29, 0.717) is 11.7 Å². The number of nitrogens with one attached hydrogen (secondary N) is 1. The molecule has 0 saturated carbocycles. The molecule has 25 heavy (non-hydrogen) atoms. The molecule has 3 aromatic heterocycles. The van der Waals surface area contributed by atoms with Crippen LogP contribution in [0.25, 0.3) is 17.2 Å². The lowest BCUT2D eigenvalue weighted by atomic mass is 10.2. The lowest BCUT2D eigenvalue weighted by Gasteiger charge is -2.08. The summed E-state index contributed by atoms with van der Waals surface area (Å²) in [5.74, 6) is 1.97. The first-order valence-electron chi connectivity index (χ1n) is 7.79. The molecule has 0 aliphatic carbocycles. The summed E-state index contributed by atoms with van der Waals surface area (Å²) in [4.78, 5) is 17.7. The van der Waals surface area contributed by atoms with Crippen LogP contribution in [-0.4, -0.2) is 31.4 Å². The fraction of sp³-hybridized carbons (Fsp3) is 0.111. The van der Waals surface area contributed by atoms with Crippen molar-refractivity contribution in [2.24, 2.45) is 0 Å². The van der Waals surface area contributed by atoms with Gasteiger partial charge in [0, 0.05) is 24.3 Å². The molecule has 0 spiro atoms. The van der Waals surface area contributed by atoms with Gasteiger partial charge < -0.3 is 10.1 Å². The average molecular weight is 332 g/mol. The highest BCUT2D eigenvalue weighted by atomic mass is 16.5. The maximum absolute atomic E-state index is 5.17. The third-order valence-electron chi connectivity index (χ3n) is 3.82. The average Bonchev–Trinajstić information content (AvgIpc) is 2.98. The first-order valence-corrected chi connectivity index (χ1v) is 7.79. The van der Waals surface area contributed by atoms with E-state index in [4.69, 9.17) is 4.74 Å². The Bertz CT molecular complexity index is 1030. The molecule has 0 radical (unpaired) electrons. The minimum atomic E-state index is 0.515. The summed E-state index contributed by atoms with van der Waals surface area (Å²) in [5, 5.41) is 3.20. The predicted octanol–water partition coefficient (Wildman–Crippen LogP) is 3.25. The zero-order chi connectivity index (χ0) is 17.2. The predicted molar refractivity (Wildman–Crippen MR) is 95.0 cm³/mol. The van der Waals surface area contributed by atoms with Crippen LogP contribution in [0.1, 0.15) is 5.69 Å². The second-order valence-electron chi connectivity index (χ2n) is 5.45. The summed E-state index contributed by atoms with van der Waals surface area (Å²) >= 11 is 0. The number of hydrogen-bond acceptors (Lipinski definition) is 6. The van der Waals surface area contributed by atoms with Crippen molar-refractivity contribution in [2.75, 3.05) is 12.4 Å². The van der Waals surface area contributed by atoms with Crippen molar-refractivity contribution in [2.45, 2.75) is 6.92 Å². The Morgan fingerprint density at radius 3 is 2.64 bits per heavy atom. The molecule has 0 saturated heterocycles. The minimum Gasteiger partial charge on any atom is -0.497 e. The molecule has 0 bridgehead atoms. The van der Waals surface area contributed by atoms with E-state index in [1.807, 2.05) is 53.9 Å². The molecule has 3 heterocycles. The van der Waals surface area contributed by atoms with Crippen molar-refractivity contribution in [3.63, 3.8) is 0 Å². The molecule has 0 unspecified atom stereocenters. The minimum absolute atomic E-state index is 0.515. The van der Waals surface area contributed by atoms with E-state index in [-0.39, 0.29) is 0 Å². The van der Waals surface area contributed by atoms with Crippen LogP contribution in [-0.2, 0) is 0 Å². The SMILES string of the molecule is COc1ccc(Nc2nccc(-c3c(C)nc4ncccn34)n2)cc1. The van der Waals surface area contributed by atoms with Crippen molar-refractivity contribution in [3.05, 3.63) is 60.7 Å². The first-order chi connectivity index (χ1) is 12.2. The Morgan fingerprint density at radius 1 is 1.00 bits per heavy atom. The Labute approximate surface area is 144 Å². The van der Waals surface area contributed by atoms with Crippen LogP contribution in [0.15, 0.2) is 55.0 Å². The summed E-state index contributed by atoms with van der Waals surface area (Å²) in [6.07, 6.45) is 5.38. The zero-order valence-corrected chi connectivity index (χ0v) is 13.8. The normalized spacial score (nSPS) is 10.8. The lowest BCUT2D eigenvalue weighted by Crippen LogP contribution is -1.99. The molecule has 1 N–H and O–H groups in total. The Hall–Kier alpha value is -3.48. The maximum Gasteiger partial charge on any atom is 0.234 e. The molecular weight excluding hydrogens is 316 g/mol. The van der Waals surface area contributed by atoms with Gasteiger partial charge in [0.2, 0.25) is 11.7 Å². The van der Waals surface area contributed by atoms with Gasteiger partial charge in [-0.25, -0.2) is 19.9 Å². The molecule has 0 aliphatic heterocycles. The summed E-state index contributed by atoms with van der Waals surface area (Å²) in [6, 6.07) is 11.3. The van der Waals surface area contributed by atoms with E-state index in [0.717, 1.165) is 28.5 Å². The number of fused-ring (bicyclic) bond motifs is 1. The Balaban J connectivity index is 1.70. The van der Waals surface area contributed by atoms with Gasteiger partial charge in [-0.15, -0.1) is 0 Å². The number of ether oxygens (including phenoxy) is 1. The van der Waals surface area contributed by atoms with Crippen LogP contribution >= 0.6 is 0 Å². The van der Waals surface area contributed by atoms with Gasteiger partial charge in [-0.05, 0) is 43.3 Å². The van der Waals surface area contributed by atoms with Gasteiger partial charge in [-0.2, -0.15) is 0 Å². The zero-order valence-electron chi connectivity index (χ0n) is 13.8. The van der Waals surface area contributed by atoms with Crippen molar-refractivity contribution in [3.8, 4) is 17.1 Å². The van der Waals surface area contributed by atoms with Gasteiger partial charge in [0.25, 0.3) is 0 Å². The quantitative estimate of drug-likeness (QED) is 0.618. The van der Waals surface area contributed by atoms with Gasteiger partial charge in [-0.3, -0.25) is 4.40 Å². The number of methoxy groups -OCH3 is 1. The van der Waals surface area contributed by atoms with Crippen LogP contribution in [0.5, 0.6) is 5.75 Å². The van der Waals surface area contributed by atoms with Crippen LogP contribution < -0.4 is 10.1 Å². The van der Waals surface area contributed by atoms with Crippen molar-refractivity contribution in [1.29, 1.82) is 0 Å². The fourth-order valence-corrected chi connectivity index (χ4v) is 2.66. The largest absolute Gasteiger partial charge is 0.497 e. The van der Waals surface area contributed by atoms with Gasteiger partial charge in [0.05, 0.1) is 24.2 Å². The molecule has 0 atom stereocenters. The molecule has 1 aromatic carbocycles. The third-order valence-corrected chi connectivity index (χ3v) is 3.82. The molecule has 0 fully saturated rings. The van der Waals surface area contributed by atoms with Crippen LogP contribution in [0.3, 0.4) is 0 Å². The Morgan fingerprint density at radius 2 is 1.84 bits per heavy atom. The highest BCUT2D eigenvalue weighted by Crippen LogP contribution is 2.24. The second-order valence-corrected chi connectivity index (χ2v) is 5.45. The standard InChI is InChI=1S/C18H16N6O/c1-12-16(24-11-3-9-20-18(24)21-12)15-8-10-19-17(23-15)22-13-4-6-14(25-2)7-5-13/h3-11H,1-2H3,(H,19,22,23). The molecule has 0 aliphatic rings. The third kappa shape index (κ3) is 2.87. The molecule has 4 aromatic rings. The van der Waals surface area contributed by atoms with Crippen LogP contribution in [0, 0.1) is 6.92 Å². The number of imidazole rings is 1. The van der Waals surface area contributed by atoms with E-state index in [2.05, 4.69) is 25.3 Å². The van der Waals surface area contributed by atoms with E-state index in [1.165, 1.54) is 0 Å². The number of aryl methyl sites for hydroxylation is 1. The van der Waals surface area contributed by atoms with Gasteiger partial charge in [0.15, 0.2) is 0 Å². The van der Waals surface area contributed by atoms with Crippen molar-refractivity contribution in [1.82, 2.24) is 24.3 Å². The molecule has 0 amide bonds. The summed E-state index contributed by atoms with van der Waals surface area (Å²) < 4.78 is 7.09. The van der Waals surface area contributed by atoms with Crippen molar-refractivity contribution < 1.29 is 4.74 Å². The van der Waals surface area contributed by atoms with Gasteiger partial charge >= 0.3 is 0 Å². The first kappa shape index (κ1) is 15.1. The Kier molecular flexibility index (Phi) is 3.74. The smallest absolute Gasteiger partial charge is 0.234 e. The topological polar surface area (TPSA) is 77.2 Å². The highest BCUT2D eigenvalue weighted by molar-refractivity contribution is 5.64. The van der Waals surface area contributed by atoms with E-state index < -0.39 is 0 Å². The summed E-state index contributed by atoms with van der Waals surface area (Å²) in [7, 11) is 1.64.